The van der Waals surface area contributed by atoms with Crippen molar-refractivity contribution in [2.45, 2.75) is 19.5 Å². The lowest BCUT2D eigenvalue weighted by Gasteiger charge is -2.36. The second-order valence-electron chi connectivity index (χ2n) is 6.74. The molecular weight excluding hydrogens is 358 g/mol. The number of benzene rings is 1. The number of carbonyl (C=O) groups is 1. The molecule has 2 aromatic heterocycles. The molecule has 8 nitrogen and oxygen atoms in total. The van der Waals surface area contributed by atoms with Crippen molar-refractivity contribution in [2.24, 2.45) is 0 Å². The molecule has 1 aliphatic rings. The normalized spacial score (nSPS) is 17.0. The molecule has 0 bridgehead atoms. The first-order valence-electron chi connectivity index (χ1n) is 9.28. The van der Waals surface area contributed by atoms with E-state index in [9.17, 15) is 14.4 Å². The number of nitrogens with one attached hydrogen (secondary N) is 2. The Morgan fingerprint density at radius 2 is 2.14 bits per heavy atom. The van der Waals surface area contributed by atoms with E-state index in [-0.39, 0.29) is 17.5 Å². The highest BCUT2D eigenvalue weighted by Crippen LogP contribution is 2.24. The fourth-order valence-electron chi connectivity index (χ4n) is 3.66. The lowest BCUT2D eigenvalue weighted by molar-refractivity contribution is 0.0634. The molecule has 1 amide bonds. The number of carbonyl (C=O) groups excluding carboxylic acids is 1. The van der Waals surface area contributed by atoms with E-state index >= 15 is 0 Å². The minimum absolute atomic E-state index is 0.127. The fourth-order valence-corrected chi connectivity index (χ4v) is 3.66. The summed E-state index contributed by atoms with van der Waals surface area (Å²) in [6, 6.07) is 8.52. The summed E-state index contributed by atoms with van der Waals surface area (Å²) in [5, 5.41) is 3.70. The quantitative estimate of drug-likeness (QED) is 0.704. The SMILES string of the molecule is CCn1c(=O)[nH]c2cc(C(=O)N3CCNCC3c3cccnc3)ccc2c1=O. The number of nitrogens with zero attached hydrogens (tertiary/aromatic N) is 3. The average Bonchev–Trinajstić information content (AvgIpc) is 2.74. The first kappa shape index (κ1) is 18.1. The van der Waals surface area contributed by atoms with Crippen molar-refractivity contribution >= 4 is 16.8 Å². The van der Waals surface area contributed by atoms with Gasteiger partial charge in [-0.15, -0.1) is 0 Å². The molecule has 2 N–H and O–H groups in total. The van der Waals surface area contributed by atoms with E-state index in [0.717, 1.165) is 10.1 Å². The number of hydrogen-bond donors (Lipinski definition) is 2. The van der Waals surface area contributed by atoms with Gasteiger partial charge in [-0.2, -0.15) is 0 Å². The fraction of sp³-hybridized carbons (Fsp3) is 0.300. The van der Waals surface area contributed by atoms with Gasteiger partial charge >= 0.3 is 5.69 Å². The van der Waals surface area contributed by atoms with E-state index in [2.05, 4.69) is 15.3 Å². The van der Waals surface area contributed by atoms with Gasteiger partial charge in [0.1, 0.15) is 0 Å². The molecule has 0 spiro atoms. The number of fused-ring (bicyclic) bond motifs is 1. The number of aromatic amines is 1. The summed E-state index contributed by atoms with van der Waals surface area (Å²) < 4.78 is 1.14. The van der Waals surface area contributed by atoms with Crippen molar-refractivity contribution in [3.63, 3.8) is 0 Å². The summed E-state index contributed by atoms with van der Waals surface area (Å²) in [6.07, 6.45) is 3.47. The minimum atomic E-state index is -0.472. The number of aromatic nitrogens is 3. The highest BCUT2D eigenvalue weighted by molar-refractivity contribution is 5.98. The van der Waals surface area contributed by atoms with Crippen molar-refractivity contribution < 1.29 is 4.79 Å². The van der Waals surface area contributed by atoms with Gasteiger partial charge < -0.3 is 15.2 Å². The standard InChI is InChI=1S/C20H21N5O3/c1-2-24-19(27)15-6-5-13(10-16(15)23-20(24)28)18(26)25-9-8-22-12-17(25)14-4-3-7-21-11-14/h3-7,10-11,17,22H,2,8-9,12H2,1H3,(H,23,28). The third-order valence-electron chi connectivity index (χ3n) is 5.12. The maximum Gasteiger partial charge on any atom is 0.328 e. The topological polar surface area (TPSA) is 100 Å². The van der Waals surface area contributed by atoms with Crippen LogP contribution in [-0.4, -0.2) is 45.0 Å². The zero-order valence-corrected chi connectivity index (χ0v) is 15.5. The van der Waals surface area contributed by atoms with E-state index in [1.807, 2.05) is 12.1 Å². The van der Waals surface area contributed by atoms with Gasteiger partial charge in [0.25, 0.3) is 11.5 Å². The maximum atomic E-state index is 13.2. The molecule has 3 heterocycles. The summed E-state index contributed by atoms with van der Waals surface area (Å²) in [4.78, 5) is 46.4. The lowest BCUT2D eigenvalue weighted by atomic mass is 10.0. The predicted octanol–water partition coefficient (Wildman–Crippen LogP) is 0.891. The average molecular weight is 379 g/mol. The van der Waals surface area contributed by atoms with Crippen LogP contribution in [0.5, 0.6) is 0 Å². The summed E-state index contributed by atoms with van der Waals surface area (Å²) in [7, 11) is 0. The monoisotopic (exact) mass is 379 g/mol. The molecule has 1 saturated heterocycles. The van der Waals surface area contributed by atoms with Crippen molar-refractivity contribution in [1.82, 2.24) is 24.8 Å². The Balaban J connectivity index is 1.73. The highest BCUT2D eigenvalue weighted by Gasteiger charge is 2.29. The van der Waals surface area contributed by atoms with E-state index < -0.39 is 5.69 Å². The van der Waals surface area contributed by atoms with E-state index in [4.69, 9.17) is 0 Å². The molecule has 4 rings (SSSR count). The van der Waals surface area contributed by atoms with Crippen LogP contribution >= 0.6 is 0 Å². The molecule has 0 saturated carbocycles. The summed E-state index contributed by atoms with van der Waals surface area (Å²) in [5.41, 5.74) is 0.949. The Labute approximate surface area is 160 Å². The van der Waals surface area contributed by atoms with Gasteiger partial charge in [-0.05, 0) is 36.8 Å². The van der Waals surface area contributed by atoms with Crippen LogP contribution < -0.4 is 16.6 Å². The van der Waals surface area contributed by atoms with E-state index in [1.165, 1.54) is 0 Å². The number of pyridine rings is 1. The highest BCUT2D eigenvalue weighted by atomic mass is 16.2. The molecule has 1 unspecified atom stereocenters. The Hall–Kier alpha value is -3.26. The molecule has 1 aromatic carbocycles. The van der Waals surface area contributed by atoms with Crippen molar-refractivity contribution in [3.05, 3.63) is 74.7 Å². The van der Waals surface area contributed by atoms with Crippen LogP contribution in [0, 0.1) is 0 Å². The van der Waals surface area contributed by atoms with Gasteiger partial charge in [-0.1, -0.05) is 6.07 Å². The molecule has 144 valence electrons. The second kappa shape index (κ2) is 7.40. The number of H-pyrrole nitrogens is 1. The summed E-state index contributed by atoms with van der Waals surface area (Å²) in [6.45, 7) is 3.93. The van der Waals surface area contributed by atoms with Gasteiger partial charge in [-0.3, -0.25) is 19.1 Å². The van der Waals surface area contributed by atoms with Crippen LogP contribution in [0.25, 0.3) is 10.9 Å². The first-order valence-corrected chi connectivity index (χ1v) is 9.28. The maximum absolute atomic E-state index is 13.2. The predicted molar refractivity (Wildman–Crippen MR) is 105 cm³/mol. The Morgan fingerprint density at radius 3 is 2.89 bits per heavy atom. The molecule has 1 fully saturated rings. The van der Waals surface area contributed by atoms with E-state index in [1.54, 1.807) is 42.4 Å². The van der Waals surface area contributed by atoms with Gasteiger partial charge in [-0.25, -0.2) is 4.79 Å². The van der Waals surface area contributed by atoms with Crippen LogP contribution in [0.4, 0.5) is 0 Å². The Morgan fingerprint density at radius 1 is 1.29 bits per heavy atom. The molecule has 0 radical (unpaired) electrons. The number of hydrogen-bond acceptors (Lipinski definition) is 5. The molecule has 28 heavy (non-hydrogen) atoms. The molecular formula is C20H21N5O3. The number of rotatable bonds is 3. The zero-order valence-electron chi connectivity index (χ0n) is 15.5. The number of amides is 1. The molecule has 0 aliphatic carbocycles. The largest absolute Gasteiger partial charge is 0.329 e. The van der Waals surface area contributed by atoms with Crippen molar-refractivity contribution in [1.29, 1.82) is 0 Å². The van der Waals surface area contributed by atoms with Crippen molar-refractivity contribution in [3.8, 4) is 0 Å². The van der Waals surface area contributed by atoms with Crippen LogP contribution in [0.1, 0.15) is 28.9 Å². The minimum Gasteiger partial charge on any atom is -0.329 e. The van der Waals surface area contributed by atoms with Crippen molar-refractivity contribution in [2.75, 3.05) is 19.6 Å². The van der Waals surface area contributed by atoms with Crippen LogP contribution in [-0.2, 0) is 6.54 Å². The molecule has 1 atom stereocenters. The van der Waals surface area contributed by atoms with Gasteiger partial charge in [0.15, 0.2) is 0 Å². The third kappa shape index (κ3) is 3.11. The number of piperazine rings is 1. The zero-order chi connectivity index (χ0) is 19.7. The molecule has 3 aromatic rings. The summed E-state index contributed by atoms with van der Waals surface area (Å²) in [5.74, 6) is -0.141. The summed E-state index contributed by atoms with van der Waals surface area (Å²) >= 11 is 0. The molecule has 1 aliphatic heterocycles. The Bertz CT molecular complexity index is 1140. The van der Waals surface area contributed by atoms with Gasteiger partial charge in [0.05, 0.1) is 16.9 Å². The second-order valence-corrected chi connectivity index (χ2v) is 6.74. The smallest absolute Gasteiger partial charge is 0.328 e. The van der Waals surface area contributed by atoms with E-state index in [0.29, 0.717) is 42.6 Å². The lowest BCUT2D eigenvalue weighted by Crippen LogP contribution is -2.48. The first-order chi connectivity index (χ1) is 13.6. The van der Waals surface area contributed by atoms with Crippen LogP contribution in [0.2, 0.25) is 0 Å². The van der Waals surface area contributed by atoms with Crippen LogP contribution in [0.3, 0.4) is 0 Å². The van der Waals surface area contributed by atoms with Gasteiger partial charge in [0, 0.05) is 44.1 Å². The molecule has 8 heteroatoms. The Kier molecular flexibility index (Phi) is 4.79. The third-order valence-corrected chi connectivity index (χ3v) is 5.12. The van der Waals surface area contributed by atoms with Gasteiger partial charge in [0.2, 0.25) is 0 Å². The van der Waals surface area contributed by atoms with Crippen LogP contribution in [0.15, 0.2) is 52.3 Å².